The Balaban J connectivity index is 1.75. The molecule has 20 heavy (non-hydrogen) atoms. The molecule has 0 spiro atoms. The van der Waals surface area contributed by atoms with Crippen molar-refractivity contribution in [1.82, 2.24) is 4.90 Å². The average molecular weight is 302 g/mol. The maximum absolute atomic E-state index is 12.5. The largest absolute Gasteiger partial charge is 0.334 e. The first kappa shape index (κ1) is 13.4. The Hall–Kier alpha value is -1.61. The molecule has 0 fully saturated rings. The Morgan fingerprint density at radius 3 is 3.20 bits per heavy atom. The monoisotopic (exact) mass is 302 g/mol. The molecule has 102 valence electrons. The maximum Gasteiger partial charge on any atom is 0.255 e. The summed E-state index contributed by atoms with van der Waals surface area (Å²) in [6.45, 7) is 1.86. The van der Waals surface area contributed by atoms with Gasteiger partial charge in [-0.1, -0.05) is 11.8 Å². The van der Waals surface area contributed by atoms with Gasteiger partial charge in [-0.25, -0.2) is 0 Å². The minimum atomic E-state index is 0.0962. The van der Waals surface area contributed by atoms with Gasteiger partial charge in [-0.2, -0.15) is 0 Å². The van der Waals surface area contributed by atoms with E-state index >= 15 is 0 Å². The van der Waals surface area contributed by atoms with Crippen molar-refractivity contribution < 1.29 is 4.79 Å². The molecule has 0 saturated carbocycles. The second-order valence-corrected chi connectivity index (χ2v) is 6.46. The summed E-state index contributed by atoms with van der Waals surface area (Å²) in [6, 6.07) is 3.98. The van der Waals surface area contributed by atoms with Crippen LogP contribution in [0.25, 0.3) is 0 Å². The van der Waals surface area contributed by atoms with Crippen LogP contribution in [0.1, 0.15) is 25.7 Å². The molecule has 1 aliphatic heterocycles. The molecule has 3 heterocycles. The summed E-state index contributed by atoms with van der Waals surface area (Å²) in [5.41, 5.74) is 7.37. The number of rotatable bonds is 1. The lowest BCUT2D eigenvalue weighted by Crippen LogP contribution is -2.35. The molecule has 3 nitrogen and oxygen atoms in total. The second kappa shape index (κ2) is 5.80. The summed E-state index contributed by atoms with van der Waals surface area (Å²) in [5.74, 6) is 5.88. The lowest BCUT2D eigenvalue weighted by Gasteiger charge is -2.26. The van der Waals surface area contributed by atoms with Crippen LogP contribution >= 0.6 is 22.7 Å². The normalized spacial score (nSPS) is 13.6. The molecule has 5 heteroatoms. The van der Waals surface area contributed by atoms with Crippen molar-refractivity contribution in [3.05, 3.63) is 43.8 Å². The quantitative estimate of drug-likeness (QED) is 0.822. The highest BCUT2D eigenvalue weighted by molar-refractivity contribution is 7.11. The first-order valence-corrected chi connectivity index (χ1v) is 8.16. The maximum atomic E-state index is 12.5. The second-order valence-electron chi connectivity index (χ2n) is 4.55. The van der Waals surface area contributed by atoms with Crippen LogP contribution in [0.5, 0.6) is 0 Å². The number of nitrogens with zero attached hydrogens (tertiary/aromatic N) is 1. The predicted octanol–water partition coefficient (Wildman–Crippen LogP) is 2.32. The zero-order valence-corrected chi connectivity index (χ0v) is 12.5. The molecule has 1 amide bonds. The molecule has 2 N–H and O–H groups in total. The van der Waals surface area contributed by atoms with Crippen molar-refractivity contribution in [1.29, 1.82) is 0 Å². The summed E-state index contributed by atoms with van der Waals surface area (Å²) >= 11 is 3.28. The summed E-state index contributed by atoms with van der Waals surface area (Å²) in [5, 5.41) is 3.98. The number of fused-ring (bicyclic) bond motifs is 1. The van der Waals surface area contributed by atoms with Crippen molar-refractivity contribution in [2.45, 2.75) is 13.0 Å². The van der Waals surface area contributed by atoms with Gasteiger partial charge in [0.1, 0.15) is 0 Å². The van der Waals surface area contributed by atoms with E-state index in [2.05, 4.69) is 23.3 Å². The van der Waals surface area contributed by atoms with Gasteiger partial charge in [0.2, 0.25) is 0 Å². The topological polar surface area (TPSA) is 46.3 Å². The van der Waals surface area contributed by atoms with Gasteiger partial charge in [-0.3, -0.25) is 4.79 Å². The predicted molar refractivity (Wildman–Crippen MR) is 83.0 cm³/mol. The summed E-state index contributed by atoms with van der Waals surface area (Å²) in [7, 11) is 0. The van der Waals surface area contributed by atoms with Crippen molar-refractivity contribution in [2.75, 3.05) is 13.1 Å². The van der Waals surface area contributed by atoms with Gasteiger partial charge in [0, 0.05) is 23.3 Å². The van der Waals surface area contributed by atoms with Crippen LogP contribution in [0.2, 0.25) is 0 Å². The van der Waals surface area contributed by atoms with Gasteiger partial charge >= 0.3 is 0 Å². The third-order valence-electron chi connectivity index (χ3n) is 3.25. The smallest absolute Gasteiger partial charge is 0.255 e. The molecule has 0 bridgehead atoms. The van der Waals surface area contributed by atoms with Crippen molar-refractivity contribution >= 4 is 28.6 Å². The van der Waals surface area contributed by atoms with E-state index in [0.717, 1.165) is 30.0 Å². The van der Waals surface area contributed by atoms with Gasteiger partial charge in [0.05, 0.1) is 17.0 Å². The number of nitrogens with two attached hydrogens (primary N) is 1. The molecular formula is C15H14N2OS2. The zero-order valence-electron chi connectivity index (χ0n) is 10.9. The van der Waals surface area contributed by atoms with Crippen LogP contribution < -0.4 is 5.73 Å². The molecule has 3 rings (SSSR count). The average Bonchev–Trinajstić information content (AvgIpc) is 3.12. The van der Waals surface area contributed by atoms with Gasteiger partial charge in [-0.15, -0.1) is 22.7 Å². The number of thiophene rings is 2. The Labute approximate surface area is 126 Å². The highest BCUT2D eigenvalue weighted by Crippen LogP contribution is 2.25. The van der Waals surface area contributed by atoms with E-state index < -0.39 is 0 Å². The van der Waals surface area contributed by atoms with Gasteiger partial charge < -0.3 is 10.6 Å². The fraction of sp³-hybridized carbons (Fsp3) is 0.267. The molecule has 0 atom stereocenters. The van der Waals surface area contributed by atoms with Crippen LogP contribution in [-0.4, -0.2) is 23.9 Å². The van der Waals surface area contributed by atoms with Crippen molar-refractivity contribution in [2.24, 2.45) is 5.73 Å². The number of hydrogen-bond donors (Lipinski definition) is 1. The molecule has 2 aromatic rings. The van der Waals surface area contributed by atoms with E-state index in [1.807, 2.05) is 16.3 Å². The van der Waals surface area contributed by atoms with E-state index in [1.54, 1.807) is 11.3 Å². The van der Waals surface area contributed by atoms with E-state index in [1.165, 1.54) is 21.8 Å². The Kier molecular flexibility index (Phi) is 3.88. The third-order valence-corrected chi connectivity index (χ3v) is 5.12. The Morgan fingerprint density at radius 2 is 2.35 bits per heavy atom. The van der Waals surface area contributed by atoms with E-state index in [0.29, 0.717) is 6.54 Å². The fourth-order valence-corrected chi connectivity index (χ4v) is 3.90. The lowest BCUT2D eigenvalue weighted by molar-refractivity contribution is 0.0736. The van der Waals surface area contributed by atoms with Crippen LogP contribution in [0.3, 0.4) is 0 Å². The SMILES string of the molecule is NCC#Cc1cc(C(=O)N2CCc3sccc3C2)cs1. The first-order chi connectivity index (χ1) is 9.78. The summed E-state index contributed by atoms with van der Waals surface area (Å²) in [6.07, 6.45) is 0.961. The standard InChI is InChI=1S/C15H14N2OS2/c16-5-1-2-13-8-12(10-20-13)15(18)17-6-3-14-11(9-17)4-7-19-14/h4,7-8,10H,3,5-6,9,16H2. The highest BCUT2D eigenvalue weighted by Gasteiger charge is 2.23. The number of amides is 1. The van der Waals surface area contributed by atoms with Crippen molar-refractivity contribution in [3.63, 3.8) is 0 Å². The first-order valence-electron chi connectivity index (χ1n) is 6.40. The fourth-order valence-electron chi connectivity index (χ4n) is 2.26. The van der Waals surface area contributed by atoms with Crippen LogP contribution in [0.4, 0.5) is 0 Å². The molecule has 1 aliphatic rings. The minimum Gasteiger partial charge on any atom is -0.334 e. The summed E-state index contributed by atoms with van der Waals surface area (Å²) < 4.78 is 0. The summed E-state index contributed by atoms with van der Waals surface area (Å²) in [4.78, 5) is 16.7. The van der Waals surface area contributed by atoms with Crippen molar-refractivity contribution in [3.8, 4) is 11.8 Å². The number of carbonyl (C=O) groups is 1. The molecule has 0 saturated heterocycles. The number of hydrogen-bond acceptors (Lipinski definition) is 4. The minimum absolute atomic E-state index is 0.0962. The molecule has 0 radical (unpaired) electrons. The van der Waals surface area contributed by atoms with E-state index in [-0.39, 0.29) is 5.91 Å². The highest BCUT2D eigenvalue weighted by atomic mass is 32.1. The molecule has 0 unspecified atom stereocenters. The Morgan fingerprint density at radius 1 is 1.45 bits per heavy atom. The van der Waals surface area contributed by atoms with E-state index in [9.17, 15) is 4.79 Å². The van der Waals surface area contributed by atoms with Crippen LogP contribution in [-0.2, 0) is 13.0 Å². The molecule has 2 aromatic heterocycles. The van der Waals surface area contributed by atoms with E-state index in [4.69, 9.17) is 5.73 Å². The molecular weight excluding hydrogens is 288 g/mol. The van der Waals surface area contributed by atoms with Crippen LogP contribution in [0, 0.1) is 11.8 Å². The number of carbonyl (C=O) groups excluding carboxylic acids is 1. The molecule has 0 aromatic carbocycles. The lowest BCUT2D eigenvalue weighted by atomic mass is 10.1. The molecule has 0 aliphatic carbocycles. The Bertz CT molecular complexity index is 690. The zero-order chi connectivity index (χ0) is 13.9. The van der Waals surface area contributed by atoms with Gasteiger partial charge in [-0.05, 0) is 29.5 Å². The van der Waals surface area contributed by atoms with Gasteiger partial charge in [0.25, 0.3) is 5.91 Å². The van der Waals surface area contributed by atoms with Crippen LogP contribution in [0.15, 0.2) is 22.9 Å². The van der Waals surface area contributed by atoms with Gasteiger partial charge in [0.15, 0.2) is 0 Å². The third kappa shape index (κ3) is 2.63.